The number of benzene rings is 2. The van der Waals surface area contributed by atoms with Crippen molar-refractivity contribution in [3.8, 4) is 0 Å². The Morgan fingerprint density at radius 2 is 1.78 bits per heavy atom. The molecule has 0 fully saturated rings. The fourth-order valence-electron chi connectivity index (χ4n) is 2.62. The number of halogens is 1. The van der Waals surface area contributed by atoms with Gasteiger partial charge in [0.15, 0.2) is 0 Å². The van der Waals surface area contributed by atoms with E-state index in [0.717, 1.165) is 27.7 Å². The van der Waals surface area contributed by atoms with Gasteiger partial charge in [-0.3, -0.25) is 0 Å². The fraction of sp³-hybridized carbons (Fsp3) is 0.0526. The molecule has 0 radical (unpaired) electrons. The molecule has 114 valence electrons. The highest BCUT2D eigenvalue weighted by molar-refractivity contribution is 7.99. The van der Waals surface area contributed by atoms with Gasteiger partial charge in [-0.25, -0.2) is 0 Å². The summed E-state index contributed by atoms with van der Waals surface area (Å²) in [5.41, 5.74) is 3.13. The Morgan fingerprint density at radius 1 is 0.957 bits per heavy atom. The third-order valence-corrected chi connectivity index (χ3v) is 5.32. The minimum atomic E-state index is 0.111. The molecule has 4 heteroatoms. The molecule has 0 amide bonds. The van der Waals surface area contributed by atoms with Gasteiger partial charge in [-0.05, 0) is 42.0 Å². The van der Waals surface area contributed by atoms with Gasteiger partial charge >= 0.3 is 0 Å². The van der Waals surface area contributed by atoms with Crippen molar-refractivity contribution in [3.05, 3.63) is 89.3 Å². The van der Waals surface area contributed by atoms with Crippen molar-refractivity contribution in [1.82, 2.24) is 0 Å². The lowest BCUT2D eigenvalue weighted by molar-refractivity contribution is 0.553. The summed E-state index contributed by atoms with van der Waals surface area (Å²) in [6.07, 6.45) is 3.86. The van der Waals surface area contributed by atoms with E-state index in [9.17, 15) is 0 Å². The van der Waals surface area contributed by atoms with E-state index in [1.54, 1.807) is 18.0 Å². The molecule has 1 unspecified atom stereocenters. The number of hydrogen-bond acceptors (Lipinski definition) is 3. The van der Waals surface area contributed by atoms with Gasteiger partial charge in [-0.15, -0.1) is 11.8 Å². The maximum atomic E-state index is 6.42. The maximum absolute atomic E-state index is 6.42. The van der Waals surface area contributed by atoms with Gasteiger partial charge in [-0.1, -0.05) is 41.9 Å². The molecule has 2 heterocycles. The molecular formula is C19H14ClNOS. The number of para-hydroxylation sites is 1. The molecule has 1 aromatic heterocycles. The molecule has 0 bridgehead atoms. The highest BCUT2D eigenvalue weighted by Gasteiger charge is 2.21. The first-order chi connectivity index (χ1) is 11.3. The van der Waals surface area contributed by atoms with Crippen LogP contribution < -0.4 is 5.32 Å². The second-order valence-corrected chi connectivity index (χ2v) is 6.83. The Bertz CT molecular complexity index is 857. The van der Waals surface area contributed by atoms with Gasteiger partial charge < -0.3 is 9.73 Å². The van der Waals surface area contributed by atoms with Gasteiger partial charge in [0.25, 0.3) is 0 Å². The molecule has 1 aliphatic heterocycles. The largest absolute Gasteiger partial charge is 0.463 e. The molecule has 0 aliphatic carbocycles. The molecule has 1 aliphatic rings. The average molecular weight is 340 g/mol. The van der Waals surface area contributed by atoms with Crippen LogP contribution in [0, 0.1) is 0 Å². The molecule has 0 saturated heterocycles. The Labute approximate surface area is 144 Å². The molecule has 2 nitrogen and oxygen atoms in total. The lowest BCUT2D eigenvalue weighted by Gasteiger charge is -2.13. The summed E-state index contributed by atoms with van der Waals surface area (Å²) in [6.45, 7) is 0. The fourth-order valence-corrected chi connectivity index (χ4v) is 4.15. The second kappa shape index (κ2) is 6.19. The van der Waals surface area contributed by atoms with Crippen LogP contribution in [0.3, 0.4) is 0 Å². The molecule has 1 N–H and O–H groups in total. The smallest absolute Gasteiger partial charge is 0.149 e. The first kappa shape index (κ1) is 14.5. The number of anilines is 1. The monoisotopic (exact) mass is 339 g/mol. The van der Waals surface area contributed by atoms with E-state index >= 15 is 0 Å². The van der Waals surface area contributed by atoms with Crippen molar-refractivity contribution in [2.45, 2.75) is 10.1 Å². The lowest BCUT2D eigenvalue weighted by Crippen LogP contribution is -1.98. The molecular weight excluding hydrogens is 326 g/mol. The van der Waals surface area contributed by atoms with Gasteiger partial charge in [0.2, 0.25) is 0 Å². The van der Waals surface area contributed by atoms with Gasteiger partial charge in [-0.2, -0.15) is 0 Å². The van der Waals surface area contributed by atoms with E-state index in [-0.39, 0.29) is 5.25 Å². The van der Waals surface area contributed by atoms with E-state index in [1.165, 1.54) is 4.90 Å². The number of hydrogen-bond donors (Lipinski definition) is 1. The summed E-state index contributed by atoms with van der Waals surface area (Å²) in [4.78, 5) is 1.19. The van der Waals surface area contributed by atoms with E-state index in [1.807, 2.05) is 36.4 Å². The lowest BCUT2D eigenvalue weighted by atomic mass is 10.1. The second-order valence-electron chi connectivity index (χ2n) is 5.24. The molecule has 1 atom stereocenters. The molecule has 23 heavy (non-hydrogen) atoms. The Balaban J connectivity index is 1.84. The predicted octanol–water partition coefficient (Wildman–Crippen LogP) is 6.23. The molecule has 0 saturated carbocycles. The summed E-state index contributed by atoms with van der Waals surface area (Å²) < 4.78 is 5.58. The van der Waals surface area contributed by atoms with Crippen LogP contribution in [0.15, 0.2) is 82.3 Å². The first-order valence-corrected chi connectivity index (χ1v) is 8.60. The number of nitrogens with one attached hydrogen (secondary N) is 1. The minimum Gasteiger partial charge on any atom is -0.463 e. The highest BCUT2D eigenvalue weighted by Crippen LogP contribution is 2.46. The average Bonchev–Trinajstić information content (AvgIpc) is 3.03. The SMILES string of the molecule is Clc1ccccc1C1C=C(c2ccco2)Nc2ccccc2S1. The Morgan fingerprint density at radius 3 is 2.61 bits per heavy atom. The van der Waals surface area contributed by atoms with Crippen LogP contribution in [0.2, 0.25) is 5.02 Å². The Hall–Kier alpha value is -2.10. The maximum Gasteiger partial charge on any atom is 0.149 e. The minimum absolute atomic E-state index is 0.111. The number of rotatable bonds is 2. The van der Waals surface area contributed by atoms with Crippen LogP contribution in [0.1, 0.15) is 16.6 Å². The van der Waals surface area contributed by atoms with Crippen LogP contribution in [0.4, 0.5) is 5.69 Å². The zero-order valence-corrected chi connectivity index (χ0v) is 13.8. The van der Waals surface area contributed by atoms with E-state index in [4.69, 9.17) is 16.0 Å². The zero-order chi connectivity index (χ0) is 15.6. The molecule has 2 aromatic carbocycles. The number of furan rings is 1. The number of fused-ring (bicyclic) bond motifs is 1. The van der Waals surface area contributed by atoms with Crippen molar-refractivity contribution in [1.29, 1.82) is 0 Å². The van der Waals surface area contributed by atoms with Crippen molar-refractivity contribution in [2.75, 3.05) is 5.32 Å². The van der Waals surface area contributed by atoms with Crippen molar-refractivity contribution >= 4 is 34.7 Å². The summed E-state index contributed by atoms with van der Waals surface area (Å²) in [5, 5.41) is 4.37. The standard InChI is InChI=1S/C19H14ClNOS/c20-14-7-2-1-6-13(14)19-12-16(17-9-5-11-22-17)21-15-8-3-4-10-18(15)23-19/h1-12,19,21H. The topological polar surface area (TPSA) is 25.2 Å². The van der Waals surface area contributed by atoms with Crippen LogP contribution in [-0.2, 0) is 0 Å². The quantitative estimate of drug-likeness (QED) is 0.598. The Kier molecular flexibility index (Phi) is 3.90. The highest BCUT2D eigenvalue weighted by atomic mass is 35.5. The van der Waals surface area contributed by atoms with E-state index < -0.39 is 0 Å². The number of thioether (sulfide) groups is 1. The third kappa shape index (κ3) is 2.90. The summed E-state index contributed by atoms with van der Waals surface area (Å²) in [6, 6.07) is 20.1. The summed E-state index contributed by atoms with van der Waals surface area (Å²) in [7, 11) is 0. The molecule has 0 spiro atoms. The van der Waals surface area contributed by atoms with E-state index in [2.05, 4.69) is 35.7 Å². The summed E-state index contributed by atoms with van der Waals surface area (Å²) in [5.74, 6) is 0.819. The van der Waals surface area contributed by atoms with Crippen LogP contribution in [-0.4, -0.2) is 0 Å². The first-order valence-electron chi connectivity index (χ1n) is 7.34. The third-order valence-electron chi connectivity index (χ3n) is 3.73. The van der Waals surface area contributed by atoms with Crippen LogP contribution in [0.5, 0.6) is 0 Å². The molecule has 3 aromatic rings. The van der Waals surface area contributed by atoms with Crippen molar-refractivity contribution in [2.24, 2.45) is 0 Å². The predicted molar refractivity (Wildman–Crippen MR) is 96.8 cm³/mol. The van der Waals surface area contributed by atoms with Gasteiger partial charge in [0.1, 0.15) is 5.76 Å². The van der Waals surface area contributed by atoms with Crippen LogP contribution in [0.25, 0.3) is 5.70 Å². The summed E-state index contributed by atoms with van der Waals surface area (Å²) >= 11 is 8.21. The van der Waals surface area contributed by atoms with Crippen LogP contribution >= 0.6 is 23.4 Å². The van der Waals surface area contributed by atoms with Gasteiger partial charge in [0, 0.05) is 9.92 Å². The normalized spacial score (nSPS) is 16.9. The van der Waals surface area contributed by atoms with E-state index in [0.29, 0.717) is 0 Å². The zero-order valence-electron chi connectivity index (χ0n) is 12.2. The van der Waals surface area contributed by atoms with Gasteiger partial charge in [0.05, 0.1) is 22.9 Å². The molecule has 4 rings (SSSR count). The van der Waals surface area contributed by atoms with Crippen molar-refractivity contribution < 1.29 is 4.42 Å². The van der Waals surface area contributed by atoms with Crippen molar-refractivity contribution in [3.63, 3.8) is 0 Å².